The molecule has 0 bridgehead atoms. The van der Waals surface area contributed by atoms with Gasteiger partial charge in [-0.2, -0.15) is 9.67 Å². The van der Waals surface area contributed by atoms with Gasteiger partial charge in [-0.1, -0.05) is 37.3 Å². The van der Waals surface area contributed by atoms with Crippen molar-refractivity contribution in [1.82, 2.24) is 35.6 Å². The van der Waals surface area contributed by atoms with E-state index in [-0.39, 0.29) is 25.0 Å². The van der Waals surface area contributed by atoms with E-state index in [0.29, 0.717) is 47.2 Å². The standard InChI is InChI=1S/C25H28N8O3/c1-16(2)11-22(35)27-14-17-5-3-8-20(12-17)33-23-21(31-32-33)15-28-25(30-23)29-19-7-4-6-18(13-19)24(36)26-9-10-34/h3-8,12-13,15-16,34H,9-11,14H2,1-2H3,(H,26,36)(H,27,35)(H,28,29,30). The highest BCUT2D eigenvalue weighted by atomic mass is 16.3. The first kappa shape index (κ1) is 24.7. The van der Waals surface area contributed by atoms with E-state index in [0.717, 1.165) is 11.3 Å². The number of fused-ring (bicyclic) bond motifs is 1. The Morgan fingerprint density at radius 1 is 1.08 bits per heavy atom. The third-order valence-electron chi connectivity index (χ3n) is 5.21. The number of benzene rings is 2. The summed E-state index contributed by atoms with van der Waals surface area (Å²) in [6, 6.07) is 14.5. The minimum Gasteiger partial charge on any atom is -0.395 e. The van der Waals surface area contributed by atoms with Crippen LogP contribution in [0.4, 0.5) is 11.6 Å². The van der Waals surface area contributed by atoms with Crippen molar-refractivity contribution in [2.24, 2.45) is 5.92 Å². The predicted molar refractivity (Wildman–Crippen MR) is 135 cm³/mol. The van der Waals surface area contributed by atoms with Gasteiger partial charge >= 0.3 is 0 Å². The zero-order valence-electron chi connectivity index (χ0n) is 20.1. The molecular formula is C25H28N8O3. The molecule has 186 valence electrons. The number of rotatable bonds is 10. The molecule has 2 heterocycles. The van der Waals surface area contributed by atoms with Crippen LogP contribution in [0.1, 0.15) is 36.2 Å². The number of carbonyl (C=O) groups excluding carboxylic acids is 2. The molecule has 0 aliphatic rings. The van der Waals surface area contributed by atoms with Crippen LogP contribution in [-0.2, 0) is 11.3 Å². The molecule has 4 N–H and O–H groups in total. The molecular weight excluding hydrogens is 460 g/mol. The van der Waals surface area contributed by atoms with E-state index in [4.69, 9.17) is 5.11 Å². The molecule has 11 heteroatoms. The van der Waals surface area contributed by atoms with Gasteiger partial charge in [0.2, 0.25) is 11.9 Å². The summed E-state index contributed by atoms with van der Waals surface area (Å²) in [5.41, 5.74) is 3.78. The maximum absolute atomic E-state index is 12.2. The molecule has 0 saturated heterocycles. The number of amides is 2. The van der Waals surface area contributed by atoms with Crippen molar-refractivity contribution in [3.05, 3.63) is 65.9 Å². The molecule has 2 aromatic carbocycles. The number of hydrogen-bond acceptors (Lipinski definition) is 8. The number of carbonyl (C=O) groups is 2. The van der Waals surface area contributed by atoms with Crippen LogP contribution in [0.25, 0.3) is 16.9 Å². The Balaban J connectivity index is 1.53. The fraction of sp³-hybridized carbons (Fsp3) is 0.280. The van der Waals surface area contributed by atoms with Crippen LogP contribution in [-0.4, -0.2) is 55.0 Å². The highest BCUT2D eigenvalue weighted by molar-refractivity contribution is 5.95. The molecule has 0 aliphatic carbocycles. The molecule has 0 atom stereocenters. The van der Waals surface area contributed by atoms with Gasteiger partial charge < -0.3 is 21.1 Å². The Morgan fingerprint density at radius 2 is 1.92 bits per heavy atom. The Labute approximate surface area is 208 Å². The van der Waals surface area contributed by atoms with Gasteiger partial charge in [0.25, 0.3) is 5.91 Å². The minimum absolute atomic E-state index is 0.0139. The Bertz CT molecular complexity index is 1370. The van der Waals surface area contributed by atoms with Crippen molar-refractivity contribution >= 4 is 34.6 Å². The normalized spacial score (nSPS) is 11.0. The average Bonchev–Trinajstić information content (AvgIpc) is 3.29. The van der Waals surface area contributed by atoms with Gasteiger partial charge in [0.05, 0.1) is 18.5 Å². The van der Waals surface area contributed by atoms with Crippen molar-refractivity contribution in [2.45, 2.75) is 26.8 Å². The van der Waals surface area contributed by atoms with Crippen molar-refractivity contribution in [2.75, 3.05) is 18.5 Å². The van der Waals surface area contributed by atoms with Crippen molar-refractivity contribution < 1.29 is 14.7 Å². The van der Waals surface area contributed by atoms with Gasteiger partial charge in [-0.25, -0.2) is 4.98 Å². The van der Waals surface area contributed by atoms with E-state index < -0.39 is 0 Å². The molecule has 0 radical (unpaired) electrons. The van der Waals surface area contributed by atoms with Crippen LogP contribution in [0, 0.1) is 5.92 Å². The summed E-state index contributed by atoms with van der Waals surface area (Å²) >= 11 is 0. The second-order valence-electron chi connectivity index (χ2n) is 8.63. The maximum atomic E-state index is 12.2. The summed E-state index contributed by atoms with van der Waals surface area (Å²) in [6.45, 7) is 4.48. The molecule has 0 saturated carbocycles. The zero-order valence-corrected chi connectivity index (χ0v) is 20.1. The fourth-order valence-corrected chi connectivity index (χ4v) is 3.54. The van der Waals surface area contributed by atoms with Gasteiger partial charge in [0.1, 0.15) is 0 Å². The molecule has 0 fully saturated rings. The van der Waals surface area contributed by atoms with Gasteiger partial charge in [0.15, 0.2) is 11.2 Å². The minimum atomic E-state index is -0.286. The van der Waals surface area contributed by atoms with E-state index in [1.54, 1.807) is 35.1 Å². The van der Waals surface area contributed by atoms with E-state index >= 15 is 0 Å². The first-order valence-electron chi connectivity index (χ1n) is 11.6. The lowest BCUT2D eigenvalue weighted by atomic mass is 10.1. The van der Waals surface area contributed by atoms with Crippen LogP contribution in [0.15, 0.2) is 54.7 Å². The van der Waals surface area contributed by atoms with E-state index in [1.165, 1.54) is 0 Å². The van der Waals surface area contributed by atoms with Gasteiger partial charge in [-0.3, -0.25) is 9.59 Å². The summed E-state index contributed by atoms with van der Waals surface area (Å²) in [6.07, 6.45) is 2.05. The van der Waals surface area contributed by atoms with Crippen LogP contribution in [0.2, 0.25) is 0 Å². The monoisotopic (exact) mass is 488 g/mol. The number of anilines is 2. The maximum Gasteiger partial charge on any atom is 0.251 e. The van der Waals surface area contributed by atoms with Gasteiger partial charge in [-0.05, 0) is 41.8 Å². The molecule has 0 unspecified atom stereocenters. The summed E-state index contributed by atoms with van der Waals surface area (Å²) in [7, 11) is 0. The number of aromatic nitrogens is 5. The molecule has 2 aromatic heterocycles. The SMILES string of the molecule is CC(C)CC(=O)NCc1cccc(-n2nnc3cnc(Nc4cccc(C(=O)NCCO)c4)nc32)c1. The lowest BCUT2D eigenvalue weighted by molar-refractivity contribution is -0.121. The summed E-state index contributed by atoms with van der Waals surface area (Å²) in [5.74, 6) is 0.342. The lowest BCUT2D eigenvalue weighted by Crippen LogP contribution is -2.26. The molecule has 36 heavy (non-hydrogen) atoms. The molecule has 0 spiro atoms. The second-order valence-corrected chi connectivity index (χ2v) is 8.63. The molecule has 4 aromatic rings. The topological polar surface area (TPSA) is 147 Å². The van der Waals surface area contributed by atoms with E-state index in [9.17, 15) is 9.59 Å². The smallest absolute Gasteiger partial charge is 0.251 e. The molecule has 0 aliphatic heterocycles. The highest BCUT2D eigenvalue weighted by Gasteiger charge is 2.12. The predicted octanol–water partition coefficient (Wildman–Crippen LogP) is 2.34. The second kappa shape index (κ2) is 11.4. The molecule has 2 amide bonds. The number of aliphatic hydroxyl groups is 1. The number of nitrogens with one attached hydrogen (secondary N) is 3. The molecule has 4 rings (SSSR count). The largest absolute Gasteiger partial charge is 0.395 e. The highest BCUT2D eigenvalue weighted by Crippen LogP contribution is 2.19. The van der Waals surface area contributed by atoms with Crippen LogP contribution >= 0.6 is 0 Å². The Kier molecular flexibility index (Phi) is 7.81. The zero-order chi connectivity index (χ0) is 25.5. The van der Waals surface area contributed by atoms with Crippen LogP contribution in [0.5, 0.6) is 0 Å². The van der Waals surface area contributed by atoms with E-state index in [1.807, 2.05) is 38.1 Å². The number of aliphatic hydroxyl groups excluding tert-OH is 1. The van der Waals surface area contributed by atoms with Crippen molar-refractivity contribution in [1.29, 1.82) is 0 Å². The first-order valence-corrected chi connectivity index (χ1v) is 11.6. The van der Waals surface area contributed by atoms with Crippen LogP contribution in [0.3, 0.4) is 0 Å². The third-order valence-corrected chi connectivity index (χ3v) is 5.21. The quantitative estimate of drug-likeness (QED) is 0.266. The number of hydrogen-bond donors (Lipinski definition) is 4. The van der Waals surface area contributed by atoms with Crippen molar-refractivity contribution in [3.8, 4) is 5.69 Å². The third kappa shape index (κ3) is 6.19. The molecule has 11 nitrogen and oxygen atoms in total. The Morgan fingerprint density at radius 3 is 2.72 bits per heavy atom. The fourth-order valence-electron chi connectivity index (χ4n) is 3.54. The summed E-state index contributed by atoms with van der Waals surface area (Å²) < 4.78 is 1.61. The van der Waals surface area contributed by atoms with Gasteiger partial charge in [-0.15, -0.1) is 5.10 Å². The summed E-state index contributed by atoms with van der Waals surface area (Å²) in [5, 5.41) is 26.0. The lowest BCUT2D eigenvalue weighted by Gasteiger charge is -2.09. The van der Waals surface area contributed by atoms with Crippen molar-refractivity contribution in [3.63, 3.8) is 0 Å². The average molecular weight is 489 g/mol. The van der Waals surface area contributed by atoms with E-state index in [2.05, 4.69) is 36.2 Å². The number of nitrogens with zero attached hydrogens (tertiary/aromatic N) is 5. The first-order chi connectivity index (χ1) is 17.4. The van der Waals surface area contributed by atoms with Crippen LogP contribution < -0.4 is 16.0 Å². The Hall–Kier alpha value is -4.38. The summed E-state index contributed by atoms with van der Waals surface area (Å²) in [4.78, 5) is 33.1. The van der Waals surface area contributed by atoms with Gasteiger partial charge in [0, 0.05) is 30.8 Å².